The molecule has 2 saturated heterocycles. The molecule has 0 unspecified atom stereocenters. The van der Waals surface area contributed by atoms with E-state index in [0.717, 1.165) is 0 Å². The highest BCUT2D eigenvalue weighted by Crippen LogP contribution is 2.25. The molecule has 2 rings (SSSR count). The molecule has 0 aromatic carbocycles. The van der Waals surface area contributed by atoms with Gasteiger partial charge in [0, 0.05) is 19.6 Å². The van der Waals surface area contributed by atoms with E-state index in [4.69, 9.17) is 28.0 Å². The minimum atomic E-state index is -1.02. The fourth-order valence-electron chi connectivity index (χ4n) is 3.93. The minimum absolute atomic E-state index is 0.0129. The van der Waals surface area contributed by atoms with Crippen LogP contribution in [0.25, 0.3) is 0 Å². The Morgan fingerprint density at radius 3 is 2.09 bits per heavy atom. The normalized spacial score (nSPS) is 20.7. The van der Waals surface area contributed by atoms with Gasteiger partial charge in [0.2, 0.25) is 11.8 Å². The summed E-state index contributed by atoms with van der Waals surface area (Å²) in [7, 11) is 0. The van der Waals surface area contributed by atoms with E-state index < -0.39 is 42.1 Å². The number of guanidine groups is 1. The molecule has 0 aromatic heterocycles. The van der Waals surface area contributed by atoms with Gasteiger partial charge in [-0.25, -0.2) is 9.59 Å². The molecule has 0 saturated carbocycles. The lowest BCUT2D eigenvalue weighted by atomic mass is 10.1. The van der Waals surface area contributed by atoms with Gasteiger partial charge in [-0.05, 0) is 45.4 Å². The van der Waals surface area contributed by atoms with Gasteiger partial charge in [-0.1, -0.05) is 0 Å². The quantitative estimate of drug-likeness (QED) is 0.0998. The van der Waals surface area contributed by atoms with Crippen LogP contribution in [0.15, 0.2) is 4.99 Å². The number of carboxylic acids is 2. The van der Waals surface area contributed by atoms with E-state index in [-0.39, 0.29) is 17.8 Å². The number of aliphatic carboxylic acids is 2. The van der Waals surface area contributed by atoms with Crippen LogP contribution in [0.2, 0.25) is 0 Å². The van der Waals surface area contributed by atoms with Crippen LogP contribution in [0.4, 0.5) is 4.79 Å². The summed E-state index contributed by atoms with van der Waals surface area (Å²) in [5.74, 6) is -2.72. The number of nitrogens with zero attached hydrogens (tertiary/aromatic N) is 3. The lowest BCUT2D eigenvalue weighted by Gasteiger charge is -2.31. The highest BCUT2D eigenvalue weighted by atomic mass is 16.4. The second-order valence-corrected chi connectivity index (χ2v) is 8.34. The molecule has 4 atom stereocenters. The van der Waals surface area contributed by atoms with E-state index >= 15 is 0 Å². The number of carbonyl (C=O) groups is 5. The van der Waals surface area contributed by atoms with E-state index in [9.17, 15) is 29.1 Å². The molecule has 15 heteroatoms. The maximum absolute atomic E-state index is 12.7. The second-order valence-electron chi connectivity index (χ2n) is 8.34. The molecule has 2 heterocycles. The monoisotopic (exact) mass is 500 g/mol. The SMILES string of the molecule is C[C@H](NC(N)=O)C(=O)N1CCC[C@H]1C(=O)N1CCC[C@H]1C(=O)O.NC(N)=NCCC[C@H](N)C(=O)O. The molecule has 2 aliphatic rings. The van der Waals surface area contributed by atoms with E-state index in [0.29, 0.717) is 58.2 Å². The Kier molecular flexibility index (Phi) is 11.7. The van der Waals surface area contributed by atoms with Crippen LogP contribution in [0.1, 0.15) is 45.4 Å². The van der Waals surface area contributed by atoms with Crippen LogP contribution in [-0.2, 0) is 19.2 Å². The Bertz CT molecular complexity index is 817. The number of hydrogen-bond donors (Lipinski definition) is 7. The number of aliphatic imine (C=N–C) groups is 1. The van der Waals surface area contributed by atoms with Gasteiger partial charge in [0.05, 0.1) is 0 Å². The molecule has 35 heavy (non-hydrogen) atoms. The third-order valence-corrected chi connectivity index (χ3v) is 5.66. The fourth-order valence-corrected chi connectivity index (χ4v) is 3.93. The number of rotatable bonds is 9. The predicted octanol–water partition coefficient (Wildman–Crippen LogP) is -2.44. The number of carboxylic acid groups (broad SMARTS) is 2. The van der Waals surface area contributed by atoms with Gasteiger partial charge in [0.15, 0.2) is 5.96 Å². The van der Waals surface area contributed by atoms with E-state index in [1.54, 1.807) is 0 Å². The molecule has 0 spiro atoms. The number of primary amides is 1. The second kappa shape index (κ2) is 13.9. The first kappa shape index (κ1) is 29.4. The topological polar surface area (TPSA) is 261 Å². The van der Waals surface area contributed by atoms with Crippen molar-refractivity contribution in [3.63, 3.8) is 0 Å². The van der Waals surface area contributed by atoms with Crippen LogP contribution in [-0.4, -0.2) is 99.6 Å². The largest absolute Gasteiger partial charge is 0.480 e. The average molecular weight is 501 g/mol. The lowest BCUT2D eigenvalue weighted by molar-refractivity contribution is -0.152. The maximum Gasteiger partial charge on any atom is 0.326 e. The van der Waals surface area contributed by atoms with Crippen molar-refractivity contribution in [3.05, 3.63) is 0 Å². The van der Waals surface area contributed by atoms with Crippen LogP contribution in [0.5, 0.6) is 0 Å². The summed E-state index contributed by atoms with van der Waals surface area (Å²) >= 11 is 0. The zero-order valence-electron chi connectivity index (χ0n) is 19.8. The first-order chi connectivity index (χ1) is 16.4. The molecule has 0 aliphatic carbocycles. The Hall–Kier alpha value is -3.62. The van der Waals surface area contributed by atoms with Crippen molar-refractivity contribution in [2.75, 3.05) is 19.6 Å². The summed E-state index contributed by atoms with van der Waals surface area (Å²) in [6.45, 7) is 2.72. The summed E-state index contributed by atoms with van der Waals surface area (Å²) in [5.41, 5.74) is 20.3. The van der Waals surface area contributed by atoms with Gasteiger partial charge in [-0.15, -0.1) is 0 Å². The standard InChI is InChI=1S/C14H22N4O5.C6H14N4O2/c1-8(16-14(15)23)11(19)17-6-2-4-9(17)12(20)18-7-3-5-10(18)13(21)22;7-4(5(11)12)2-1-3-10-6(8)9/h8-10H,2-7H2,1H3,(H,21,22)(H3,15,16,23);4H,1-3,7H2,(H,11,12)(H4,8,9,10)/t8-,9-,10-;4-/m00/s1. The smallest absolute Gasteiger partial charge is 0.326 e. The van der Waals surface area contributed by atoms with Crippen LogP contribution >= 0.6 is 0 Å². The molecular formula is C20H36N8O7. The summed E-state index contributed by atoms with van der Waals surface area (Å²) < 4.78 is 0. The predicted molar refractivity (Wildman–Crippen MR) is 125 cm³/mol. The van der Waals surface area contributed by atoms with Crippen molar-refractivity contribution in [3.8, 4) is 0 Å². The highest BCUT2D eigenvalue weighted by molar-refractivity contribution is 5.93. The van der Waals surface area contributed by atoms with Crippen molar-refractivity contribution in [2.45, 2.75) is 69.6 Å². The van der Waals surface area contributed by atoms with E-state index in [2.05, 4.69) is 10.3 Å². The number of carbonyl (C=O) groups excluding carboxylic acids is 3. The molecule has 15 nitrogen and oxygen atoms in total. The maximum atomic E-state index is 12.7. The third kappa shape index (κ3) is 9.27. The Morgan fingerprint density at radius 2 is 1.57 bits per heavy atom. The van der Waals surface area contributed by atoms with Crippen LogP contribution < -0.4 is 28.3 Å². The summed E-state index contributed by atoms with van der Waals surface area (Å²) in [5, 5.41) is 19.9. The van der Waals surface area contributed by atoms with Gasteiger partial charge in [0.25, 0.3) is 0 Å². The number of likely N-dealkylation sites (tertiary alicyclic amines) is 2. The van der Waals surface area contributed by atoms with Crippen molar-refractivity contribution < 1.29 is 34.2 Å². The minimum Gasteiger partial charge on any atom is -0.480 e. The van der Waals surface area contributed by atoms with Gasteiger partial charge >= 0.3 is 18.0 Å². The van der Waals surface area contributed by atoms with Crippen molar-refractivity contribution in [2.24, 2.45) is 27.9 Å². The third-order valence-electron chi connectivity index (χ3n) is 5.66. The molecule has 4 amide bonds. The van der Waals surface area contributed by atoms with Gasteiger partial charge < -0.3 is 48.3 Å². The van der Waals surface area contributed by atoms with Crippen molar-refractivity contribution in [1.29, 1.82) is 0 Å². The summed E-state index contributed by atoms with van der Waals surface area (Å²) in [6, 6.07) is -3.94. The van der Waals surface area contributed by atoms with Gasteiger partial charge in [-0.3, -0.25) is 19.4 Å². The fraction of sp³-hybridized carbons (Fsp3) is 0.700. The molecule has 0 bridgehead atoms. The zero-order valence-corrected chi connectivity index (χ0v) is 19.8. The molecular weight excluding hydrogens is 464 g/mol. The van der Waals surface area contributed by atoms with Crippen molar-refractivity contribution >= 4 is 35.7 Å². The molecule has 0 aromatic rings. The first-order valence-corrected chi connectivity index (χ1v) is 11.3. The van der Waals surface area contributed by atoms with Crippen LogP contribution in [0, 0.1) is 0 Å². The summed E-state index contributed by atoms with van der Waals surface area (Å²) in [6.07, 6.45) is 3.19. The number of hydrogen-bond acceptors (Lipinski definition) is 7. The summed E-state index contributed by atoms with van der Waals surface area (Å²) in [4.78, 5) is 63.9. The lowest BCUT2D eigenvalue weighted by Crippen LogP contribution is -2.55. The average Bonchev–Trinajstić information content (AvgIpc) is 3.45. The van der Waals surface area contributed by atoms with Gasteiger partial charge in [0.1, 0.15) is 24.2 Å². The highest BCUT2D eigenvalue weighted by Gasteiger charge is 2.42. The Morgan fingerprint density at radius 1 is 1.00 bits per heavy atom. The molecule has 2 aliphatic heterocycles. The Labute approximate surface area is 202 Å². The van der Waals surface area contributed by atoms with E-state index in [1.165, 1.54) is 16.7 Å². The van der Waals surface area contributed by atoms with E-state index in [1.807, 2.05) is 0 Å². The zero-order chi connectivity index (χ0) is 26.7. The van der Waals surface area contributed by atoms with Crippen LogP contribution in [0.3, 0.4) is 0 Å². The number of nitrogens with one attached hydrogen (secondary N) is 1. The first-order valence-electron chi connectivity index (χ1n) is 11.3. The molecule has 2 fully saturated rings. The Balaban J connectivity index is 0.000000434. The number of nitrogens with two attached hydrogens (primary N) is 4. The number of amides is 4. The number of urea groups is 1. The van der Waals surface area contributed by atoms with Crippen molar-refractivity contribution in [1.82, 2.24) is 15.1 Å². The van der Waals surface area contributed by atoms with Gasteiger partial charge in [-0.2, -0.15) is 0 Å². The molecule has 0 radical (unpaired) electrons. The molecule has 198 valence electrons. The molecule has 11 N–H and O–H groups in total.